The zero-order valence-corrected chi connectivity index (χ0v) is 19.1. The van der Waals surface area contributed by atoms with Gasteiger partial charge in [0, 0.05) is 14.2 Å². The van der Waals surface area contributed by atoms with Crippen LogP contribution in [0.4, 0.5) is 0 Å². The van der Waals surface area contributed by atoms with Crippen LogP contribution >= 0.6 is 0 Å². The van der Waals surface area contributed by atoms with E-state index in [1.165, 1.54) is 0 Å². The Morgan fingerprint density at radius 1 is 0.567 bits per heavy atom. The third-order valence-electron chi connectivity index (χ3n) is 6.71. The van der Waals surface area contributed by atoms with E-state index in [1.54, 1.807) is 14.2 Å². The Bertz CT molecular complexity index is 434. The van der Waals surface area contributed by atoms with E-state index in [1.807, 2.05) is 0 Å². The van der Waals surface area contributed by atoms with Gasteiger partial charge in [0.15, 0.2) is 0 Å². The van der Waals surface area contributed by atoms with Gasteiger partial charge in [-0.2, -0.15) is 0 Å². The minimum absolute atomic E-state index is 0.0259. The summed E-state index contributed by atoms with van der Waals surface area (Å²) in [5, 5.41) is 0. The topological polar surface area (TPSA) is 71.1 Å². The van der Waals surface area contributed by atoms with Crippen molar-refractivity contribution in [2.75, 3.05) is 27.4 Å². The molecule has 0 saturated heterocycles. The van der Waals surface area contributed by atoms with Crippen LogP contribution in [0, 0.1) is 11.8 Å². The summed E-state index contributed by atoms with van der Waals surface area (Å²) < 4.78 is 21.6. The molecule has 0 heterocycles. The molecule has 0 atom stereocenters. The van der Waals surface area contributed by atoms with E-state index in [-0.39, 0.29) is 23.8 Å². The molecule has 0 aliphatic heterocycles. The summed E-state index contributed by atoms with van der Waals surface area (Å²) in [5.41, 5.74) is 0. The fraction of sp³-hybridized carbons (Fsp3) is 0.917. The van der Waals surface area contributed by atoms with Crippen molar-refractivity contribution in [3.63, 3.8) is 0 Å². The molecule has 6 heteroatoms. The summed E-state index contributed by atoms with van der Waals surface area (Å²) >= 11 is 0. The van der Waals surface area contributed by atoms with Crippen molar-refractivity contribution in [1.82, 2.24) is 0 Å². The highest BCUT2D eigenvalue weighted by Gasteiger charge is 2.28. The minimum Gasteiger partial charge on any atom is -0.465 e. The zero-order valence-electron chi connectivity index (χ0n) is 19.1. The highest BCUT2D eigenvalue weighted by Crippen LogP contribution is 2.27. The number of carbonyl (C=O) groups is 2. The van der Waals surface area contributed by atoms with Gasteiger partial charge < -0.3 is 18.9 Å². The van der Waals surface area contributed by atoms with Crippen molar-refractivity contribution in [3.8, 4) is 0 Å². The Morgan fingerprint density at radius 3 is 1.23 bits per heavy atom. The zero-order chi connectivity index (χ0) is 21.6. The normalized spacial score (nSPS) is 26.9. The van der Waals surface area contributed by atoms with Crippen LogP contribution in [0.3, 0.4) is 0 Å². The van der Waals surface area contributed by atoms with Gasteiger partial charge in [-0.15, -0.1) is 0 Å². The Morgan fingerprint density at radius 2 is 0.900 bits per heavy atom. The van der Waals surface area contributed by atoms with Crippen LogP contribution in [-0.4, -0.2) is 51.6 Å². The summed E-state index contributed by atoms with van der Waals surface area (Å²) in [6, 6.07) is 0. The molecular weight excluding hydrogens is 384 g/mol. The largest absolute Gasteiger partial charge is 0.465 e. The fourth-order valence-electron chi connectivity index (χ4n) is 4.56. The van der Waals surface area contributed by atoms with Crippen molar-refractivity contribution >= 4 is 11.9 Å². The number of rotatable bonds is 13. The lowest BCUT2D eigenvalue weighted by molar-refractivity contribution is -0.151. The lowest BCUT2D eigenvalue weighted by Gasteiger charge is -2.26. The maximum Gasteiger partial charge on any atom is 0.308 e. The Balaban J connectivity index is 1.36. The van der Waals surface area contributed by atoms with E-state index in [4.69, 9.17) is 18.9 Å². The molecule has 30 heavy (non-hydrogen) atoms. The summed E-state index contributed by atoms with van der Waals surface area (Å²) in [4.78, 5) is 24.2. The molecule has 0 unspecified atom stereocenters. The number of methoxy groups -OCH3 is 2. The Kier molecular flexibility index (Phi) is 12.4. The highest BCUT2D eigenvalue weighted by molar-refractivity contribution is 5.72. The second-order valence-electron chi connectivity index (χ2n) is 8.87. The van der Waals surface area contributed by atoms with Crippen molar-refractivity contribution in [3.05, 3.63) is 0 Å². The smallest absolute Gasteiger partial charge is 0.308 e. The molecule has 0 bridgehead atoms. The molecule has 2 aliphatic rings. The van der Waals surface area contributed by atoms with Crippen molar-refractivity contribution in [2.45, 2.75) is 102 Å². The first-order valence-corrected chi connectivity index (χ1v) is 12.0. The number of unbranched alkanes of at least 4 members (excludes halogenated alkanes) is 5. The Labute approximate surface area is 182 Å². The summed E-state index contributed by atoms with van der Waals surface area (Å²) in [7, 11) is 3.48. The highest BCUT2D eigenvalue weighted by atomic mass is 16.5. The minimum atomic E-state index is -0.0259. The first-order chi connectivity index (χ1) is 14.6. The second kappa shape index (κ2) is 14.8. The molecule has 174 valence electrons. The summed E-state index contributed by atoms with van der Waals surface area (Å²) in [6.45, 7) is 1.07. The number of esters is 2. The van der Waals surface area contributed by atoms with Gasteiger partial charge in [-0.1, -0.05) is 25.7 Å². The molecular formula is C24H42O6. The quantitative estimate of drug-likeness (QED) is 0.310. The van der Waals surface area contributed by atoms with Gasteiger partial charge in [0.1, 0.15) is 0 Å². The van der Waals surface area contributed by atoms with Gasteiger partial charge >= 0.3 is 11.9 Å². The SMILES string of the molecule is COC1CCC(C(=O)OCCCCCCCCOC(=O)C2CCC(OC)CC2)CC1. The predicted molar refractivity (Wildman–Crippen MR) is 115 cm³/mol. The van der Waals surface area contributed by atoms with Gasteiger partial charge in [0.05, 0.1) is 37.3 Å². The van der Waals surface area contributed by atoms with Crippen LogP contribution in [0.1, 0.15) is 89.9 Å². The van der Waals surface area contributed by atoms with Crippen molar-refractivity contribution in [1.29, 1.82) is 0 Å². The first-order valence-electron chi connectivity index (χ1n) is 12.0. The molecule has 2 fully saturated rings. The van der Waals surface area contributed by atoms with Gasteiger partial charge in [-0.05, 0) is 64.2 Å². The van der Waals surface area contributed by atoms with E-state index >= 15 is 0 Å². The fourth-order valence-corrected chi connectivity index (χ4v) is 4.56. The van der Waals surface area contributed by atoms with Crippen molar-refractivity contribution in [2.24, 2.45) is 11.8 Å². The third-order valence-corrected chi connectivity index (χ3v) is 6.71. The van der Waals surface area contributed by atoms with E-state index in [0.717, 1.165) is 89.9 Å². The van der Waals surface area contributed by atoms with Gasteiger partial charge in [-0.25, -0.2) is 0 Å². The van der Waals surface area contributed by atoms with Gasteiger partial charge in [0.25, 0.3) is 0 Å². The number of carbonyl (C=O) groups excluding carboxylic acids is 2. The number of hydrogen-bond donors (Lipinski definition) is 0. The molecule has 0 aromatic rings. The Hall–Kier alpha value is -1.14. The average Bonchev–Trinajstić information content (AvgIpc) is 2.80. The molecule has 0 N–H and O–H groups in total. The van der Waals surface area contributed by atoms with Crippen LogP contribution in [0.15, 0.2) is 0 Å². The van der Waals surface area contributed by atoms with Crippen LogP contribution in [0.25, 0.3) is 0 Å². The molecule has 0 spiro atoms. The van der Waals surface area contributed by atoms with Crippen LogP contribution in [0.5, 0.6) is 0 Å². The van der Waals surface area contributed by atoms with E-state index in [0.29, 0.717) is 25.4 Å². The molecule has 0 aromatic heterocycles. The molecule has 2 saturated carbocycles. The van der Waals surface area contributed by atoms with E-state index in [9.17, 15) is 9.59 Å². The molecule has 2 aliphatic carbocycles. The third kappa shape index (κ3) is 9.34. The van der Waals surface area contributed by atoms with E-state index in [2.05, 4.69) is 0 Å². The number of ether oxygens (including phenoxy) is 4. The maximum absolute atomic E-state index is 12.1. The van der Waals surface area contributed by atoms with Gasteiger partial charge in [0.2, 0.25) is 0 Å². The number of hydrogen-bond acceptors (Lipinski definition) is 6. The average molecular weight is 427 g/mol. The molecule has 2 rings (SSSR count). The second-order valence-corrected chi connectivity index (χ2v) is 8.87. The van der Waals surface area contributed by atoms with Crippen molar-refractivity contribution < 1.29 is 28.5 Å². The van der Waals surface area contributed by atoms with Gasteiger partial charge in [-0.3, -0.25) is 9.59 Å². The summed E-state index contributed by atoms with van der Waals surface area (Å²) in [6.07, 6.45) is 14.3. The van der Waals surface area contributed by atoms with Crippen LogP contribution in [-0.2, 0) is 28.5 Å². The van der Waals surface area contributed by atoms with E-state index < -0.39 is 0 Å². The maximum atomic E-state index is 12.1. The van der Waals surface area contributed by atoms with Crippen LogP contribution < -0.4 is 0 Å². The predicted octanol–water partition coefficient (Wildman–Crippen LogP) is 4.82. The summed E-state index contributed by atoms with van der Waals surface area (Å²) in [5.74, 6) is 0.0763. The standard InChI is InChI=1S/C24H42O6/c1-27-21-13-9-19(10-14-21)23(25)29-17-7-5-3-4-6-8-18-30-24(26)20-11-15-22(28-2)16-12-20/h19-22H,3-18H2,1-2H3. The molecule has 0 amide bonds. The molecule has 0 radical (unpaired) electrons. The van der Waals surface area contributed by atoms with Crippen LogP contribution in [0.2, 0.25) is 0 Å². The lowest BCUT2D eigenvalue weighted by Crippen LogP contribution is -2.27. The molecule has 0 aromatic carbocycles. The monoisotopic (exact) mass is 426 g/mol. The first kappa shape index (κ1) is 25.1. The lowest BCUT2D eigenvalue weighted by atomic mass is 9.87. The molecule has 6 nitrogen and oxygen atoms in total.